The van der Waals surface area contributed by atoms with Gasteiger partial charge in [0.1, 0.15) is 23.7 Å². The molecule has 0 aromatic heterocycles. The number of rotatable bonds is 7. The number of carbonyl (C=O) groups is 2. The highest BCUT2D eigenvalue weighted by Crippen LogP contribution is 2.29. The van der Waals surface area contributed by atoms with E-state index in [2.05, 4.69) is 15.4 Å². The fourth-order valence-corrected chi connectivity index (χ4v) is 4.23. The fraction of sp³-hybridized carbons (Fsp3) is 0.130. The Morgan fingerprint density at radius 1 is 0.818 bits per heavy atom. The molecule has 33 heavy (non-hydrogen) atoms. The van der Waals surface area contributed by atoms with Gasteiger partial charge in [-0.2, -0.15) is 0 Å². The molecule has 0 bridgehead atoms. The molecule has 1 aliphatic heterocycles. The molecule has 3 aromatic rings. The van der Waals surface area contributed by atoms with E-state index in [0.29, 0.717) is 29.5 Å². The number of nitrogens with one attached hydrogen (secondary N) is 3. The van der Waals surface area contributed by atoms with Crippen LogP contribution in [0.4, 0.5) is 17.1 Å². The molecule has 0 saturated carbocycles. The van der Waals surface area contributed by atoms with Crippen molar-refractivity contribution in [3.05, 3.63) is 66.7 Å². The van der Waals surface area contributed by atoms with Crippen LogP contribution in [0, 0.1) is 0 Å². The zero-order valence-electron chi connectivity index (χ0n) is 17.6. The normalized spacial score (nSPS) is 13.2. The van der Waals surface area contributed by atoms with Crippen LogP contribution in [-0.4, -0.2) is 26.8 Å². The highest BCUT2D eigenvalue weighted by molar-refractivity contribution is 7.92. The lowest BCUT2D eigenvalue weighted by atomic mass is 10.2. The van der Waals surface area contributed by atoms with E-state index in [4.69, 9.17) is 9.47 Å². The lowest BCUT2D eigenvalue weighted by Crippen LogP contribution is -2.16. The third-order valence-corrected chi connectivity index (χ3v) is 6.03. The summed E-state index contributed by atoms with van der Waals surface area (Å²) in [6, 6.07) is 17.7. The van der Waals surface area contributed by atoms with Crippen molar-refractivity contribution < 1.29 is 27.5 Å². The summed E-state index contributed by atoms with van der Waals surface area (Å²) >= 11 is 0. The van der Waals surface area contributed by atoms with E-state index in [1.54, 1.807) is 48.5 Å². The van der Waals surface area contributed by atoms with Crippen LogP contribution in [0.5, 0.6) is 17.2 Å². The standard InChI is InChI=1S/C23H21N3O6S/c1-2-31-16-7-9-18(10-8-16)32-17-5-3-15(4-6-17)26-33(29,30)19-11-12-20-21(13-19)25-23(28)14-22(27)24-20/h3-13,26H,2,14H2,1H3,(H,24,27)(H,25,28). The second-order valence-corrected chi connectivity index (χ2v) is 8.80. The number of hydrogen-bond acceptors (Lipinski definition) is 6. The van der Waals surface area contributed by atoms with Gasteiger partial charge in [-0.15, -0.1) is 0 Å². The van der Waals surface area contributed by atoms with Crippen LogP contribution in [0.1, 0.15) is 13.3 Å². The largest absolute Gasteiger partial charge is 0.494 e. The zero-order chi connectivity index (χ0) is 23.4. The topological polar surface area (TPSA) is 123 Å². The smallest absolute Gasteiger partial charge is 0.261 e. The molecule has 170 valence electrons. The van der Waals surface area contributed by atoms with Gasteiger partial charge in [-0.05, 0) is 73.7 Å². The molecule has 10 heteroatoms. The van der Waals surface area contributed by atoms with E-state index >= 15 is 0 Å². The Kier molecular flexibility index (Phi) is 6.18. The van der Waals surface area contributed by atoms with Gasteiger partial charge in [0.05, 0.1) is 22.9 Å². The monoisotopic (exact) mass is 467 g/mol. The number of sulfonamides is 1. The molecule has 1 heterocycles. The predicted molar refractivity (Wildman–Crippen MR) is 123 cm³/mol. The molecular formula is C23H21N3O6S. The Hall–Kier alpha value is -4.05. The summed E-state index contributed by atoms with van der Waals surface area (Å²) in [6.45, 7) is 2.48. The van der Waals surface area contributed by atoms with Crippen LogP contribution in [0.3, 0.4) is 0 Å². The molecule has 0 fully saturated rings. The quantitative estimate of drug-likeness (QED) is 0.452. The second kappa shape index (κ2) is 9.21. The summed E-state index contributed by atoms with van der Waals surface area (Å²) in [5, 5.41) is 5.09. The molecule has 0 aliphatic carbocycles. The summed E-state index contributed by atoms with van der Waals surface area (Å²) in [6.07, 6.45) is -0.333. The van der Waals surface area contributed by atoms with E-state index < -0.39 is 21.8 Å². The summed E-state index contributed by atoms with van der Waals surface area (Å²) in [7, 11) is -3.94. The number of hydrogen-bond donors (Lipinski definition) is 3. The van der Waals surface area contributed by atoms with Gasteiger partial charge >= 0.3 is 0 Å². The minimum absolute atomic E-state index is 0.0626. The van der Waals surface area contributed by atoms with Crippen molar-refractivity contribution in [3.63, 3.8) is 0 Å². The van der Waals surface area contributed by atoms with Crippen molar-refractivity contribution in [1.29, 1.82) is 0 Å². The fourth-order valence-electron chi connectivity index (χ4n) is 3.15. The molecule has 0 unspecified atom stereocenters. The Morgan fingerprint density at radius 2 is 1.39 bits per heavy atom. The SMILES string of the molecule is CCOc1ccc(Oc2ccc(NS(=O)(=O)c3ccc4c(c3)NC(=O)CC(=O)N4)cc2)cc1. The van der Waals surface area contributed by atoms with E-state index in [0.717, 1.165) is 5.75 Å². The van der Waals surface area contributed by atoms with Gasteiger partial charge in [0, 0.05) is 5.69 Å². The number of anilines is 3. The van der Waals surface area contributed by atoms with Gasteiger partial charge < -0.3 is 20.1 Å². The van der Waals surface area contributed by atoms with E-state index in [9.17, 15) is 18.0 Å². The average molecular weight is 468 g/mol. The van der Waals surface area contributed by atoms with Gasteiger partial charge in [0.15, 0.2) is 0 Å². The molecule has 0 spiro atoms. The van der Waals surface area contributed by atoms with Crippen molar-refractivity contribution in [2.75, 3.05) is 22.0 Å². The predicted octanol–water partition coefficient (Wildman–Crippen LogP) is 3.96. The maximum absolute atomic E-state index is 12.8. The van der Waals surface area contributed by atoms with Gasteiger partial charge in [0.2, 0.25) is 11.8 Å². The summed E-state index contributed by atoms with van der Waals surface area (Å²) in [5.74, 6) is 0.912. The lowest BCUT2D eigenvalue weighted by Gasteiger charge is -2.12. The van der Waals surface area contributed by atoms with Crippen LogP contribution in [0.2, 0.25) is 0 Å². The highest BCUT2D eigenvalue weighted by atomic mass is 32.2. The first-order chi connectivity index (χ1) is 15.8. The number of carbonyl (C=O) groups excluding carboxylic acids is 2. The average Bonchev–Trinajstić information content (AvgIpc) is 2.92. The Bertz CT molecular complexity index is 1290. The first-order valence-electron chi connectivity index (χ1n) is 10.1. The van der Waals surface area contributed by atoms with Crippen LogP contribution in [0.25, 0.3) is 0 Å². The molecule has 1 aliphatic rings. The third kappa shape index (κ3) is 5.42. The van der Waals surface area contributed by atoms with E-state index in [1.165, 1.54) is 18.2 Å². The summed E-state index contributed by atoms with van der Waals surface area (Å²) in [4.78, 5) is 23.3. The molecule has 3 aromatic carbocycles. The molecule has 0 radical (unpaired) electrons. The highest BCUT2D eigenvalue weighted by Gasteiger charge is 2.22. The second-order valence-electron chi connectivity index (χ2n) is 7.12. The minimum atomic E-state index is -3.94. The molecule has 4 rings (SSSR count). The van der Waals surface area contributed by atoms with Crippen LogP contribution >= 0.6 is 0 Å². The van der Waals surface area contributed by atoms with Gasteiger partial charge in [-0.1, -0.05) is 0 Å². The number of benzene rings is 3. The summed E-state index contributed by atoms with van der Waals surface area (Å²) in [5.41, 5.74) is 0.884. The van der Waals surface area contributed by atoms with Crippen LogP contribution < -0.4 is 24.8 Å². The van der Waals surface area contributed by atoms with E-state index in [-0.39, 0.29) is 17.0 Å². The van der Waals surface area contributed by atoms with Crippen LogP contribution in [0.15, 0.2) is 71.6 Å². The molecule has 0 saturated heterocycles. The van der Waals surface area contributed by atoms with Crippen molar-refractivity contribution in [1.82, 2.24) is 0 Å². The Labute approximate surface area is 190 Å². The van der Waals surface area contributed by atoms with E-state index in [1.807, 2.05) is 6.92 Å². The van der Waals surface area contributed by atoms with Gasteiger partial charge in [-0.25, -0.2) is 8.42 Å². The van der Waals surface area contributed by atoms with Crippen molar-refractivity contribution in [2.45, 2.75) is 18.2 Å². The van der Waals surface area contributed by atoms with Crippen molar-refractivity contribution >= 4 is 38.9 Å². The van der Waals surface area contributed by atoms with Gasteiger partial charge in [-0.3, -0.25) is 14.3 Å². The maximum atomic E-state index is 12.8. The lowest BCUT2D eigenvalue weighted by molar-refractivity contribution is -0.123. The van der Waals surface area contributed by atoms with Gasteiger partial charge in [0.25, 0.3) is 10.0 Å². The van der Waals surface area contributed by atoms with Crippen molar-refractivity contribution in [2.24, 2.45) is 0 Å². The summed E-state index contributed by atoms with van der Waals surface area (Å²) < 4.78 is 39.3. The first-order valence-corrected chi connectivity index (χ1v) is 11.6. The molecule has 0 atom stereocenters. The molecular weight excluding hydrogens is 446 g/mol. The molecule has 2 amide bonds. The Morgan fingerprint density at radius 3 is 2.03 bits per heavy atom. The van der Waals surface area contributed by atoms with Crippen molar-refractivity contribution in [3.8, 4) is 17.2 Å². The zero-order valence-corrected chi connectivity index (χ0v) is 18.4. The Balaban J connectivity index is 1.46. The van der Waals surface area contributed by atoms with Crippen LogP contribution in [-0.2, 0) is 19.6 Å². The number of amides is 2. The molecule has 3 N–H and O–H groups in total. The number of ether oxygens (including phenoxy) is 2. The minimum Gasteiger partial charge on any atom is -0.494 e. The first kappa shape index (κ1) is 22.2. The number of fused-ring (bicyclic) bond motifs is 1. The third-order valence-electron chi connectivity index (χ3n) is 4.65. The molecule has 9 nitrogen and oxygen atoms in total. The maximum Gasteiger partial charge on any atom is 0.261 e.